The molecular weight excluding hydrogens is 182 g/mol. The number of rotatable bonds is 1. The molecule has 1 radical (unpaired) electrons. The predicted molar refractivity (Wildman–Crippen MR) is 53.5 cm³/mol. The molecule has 0 nitrogen and oxygen atoms in total. The second-order valence-electron chi connectivity index (χ2n) is 4.76. The quantitative estimate of drug-likeness (QED) is 0.601. The first kappa shape index (κ1) is 10.4. The number of halogens is 2. The Morgan fingerprint density at radius 1 is 0.857 bits per heavy atom. The van der Waals surface area contributed by atoms with Crippen LogP contribution in [0.5, 0.6) is 0 Å². The van der Waals surface area contributed by atoms with Crippen molar-refractivity contribution in [1.29, 1.82) is 0 Å². The van der Waals surface area contributed by atoms with Gasteiger partial charge in [-0.1, -0.05) is 19.3 Å². The summed E-state index contributed by atoms with van der Waals surface area (Å²) in [6, 6.07) is 0. The van der Waals surface area contributed by atoms with E-state index in [0.717, 1.165) is 6.42 Å². The van der Waals surface area contributed by atoms with E-state index in [0.29, 0.717) is 18.8 Å². The van der Waals surface area contributed by atoms with Gasteiger partial charge in [0.1, 0.15) is 12.3 Å². The largest absolute Gasteiger partial charge is 0.244 e. The highest BCUT2D eigenvalue weighted by Crippen LogP contribution is 2.41. The van der Waals surface area contributed by atoms with Crippen LogP contribution in [0, 0.1) is 11.8 Å². The zero-order valence-corrected chi connectivity index (χ0v) is 8.64. The van der Waals surface area contributed by atoms with Crippen molar-refractivity contribution < 1.29 is 8.78 Å². The van der Waals surface area contributed by atoms with Crippen molar-refractivity contribution in [2.75, 3.05) is 0 Å². The van der Waals surface area contributed by atoms with Gasteiger partial charge in [-0.2, -0.15) is 0 Å². The molecule has 2 heteroatoms. The Morgan fingerprint density at radius 2 is 1.57 bits per heavy atom. The Bertz CT molecular complexity index is 175. The Hall–Kier alpha value is -0.140. The molecule has 3 atom stereocenters. The third-order valence-electron chi connectivity index (χ3n) is 3.77. The monoisotopic (exact) mass is 201 g/mol. The minimum absolute atomic E-state index is 0.400. The zero-order chi connectivity index (χ0) is 9.97. The van der Waals surface area contributed by atoms with Crippen LogP contribution in [0.2, 0.25) is 0 Å². The van der Waals surface area contributed by atoms with Crippen LogP contribution in [0.3, 0.4) is 0 Å². The van der Waals surface area contributed by atoms with Gasteiger partial charge in [-0.3, -0.25) is 0 Å². The Labute approximate surface area is 85.1 Å². The summed E-state index contributed by atoms with van der Waals surface area (Å²) in [5.74, 6) is 1.93. The van der Waals surface area contributed by atoms with Gasteiger partial charge in [-0.15, -0.1) is 0 Å². The third kappa shape index (κ3) is 2.26. The van der Waals surface area contributed by atoms with Gasteiger partial charge in [0.25, 0.3) is 0 Å². The highest BCUT2D eigenvalue weighted by atomic mass is 19.2. The van der Waals surface area contributed by atoms with E-state index in [-0.39, 0.29) is 0 Å². The Kier molecular flexibility index (Phi) is 3.40. The maximum absolute atomic E-state index is 13.2. The molecule has 0 aromatic carbocycles. The summed E-state index contributed by atoms with van der Waals surface area (Å²) in [6.07, 6.45) is 5.61. The molecule has 2 aliphatic rings. The minimum Gasteiger partial charge on any atom is -0.244 e. The molecule has 0 aromatic heterocycles. The van der Waals surface area contributed by atoms with E-state index in [1.165, 1.54) is 38.0 Å². The highest BCUT2D eigenvalue weighted by molar-refractivity contribution is 5.01. The van der Waals surface area contributed by atoms with Crippen LogP contribution in [-0.4, -0.2) is 12.3 Å². The van der Waals surface area contributed by atoms with E-state index < -0.39 is 12.3 Å². The number of alkyl halides is 2. The molecule has 14 heavy (non-hydrogen) atoms. The molecule has 2 fully saturated rings. The molecule has 3 unspecified atom stereocenters. The molecule has 0 aliphatic heterocycles. The lowest BCUT2D eigenvalue weighted by molar-refractivity contribution is 0.0891. The SMILES string of the molecule is FC1CCC([C]2CCCCC2)CC1F. The molecule has 2 rings (SSSR count). The molecule has 2 aliphatic carbocycles. The lowest BCUT2D eigenvalue weighted by Gasteiger charge is -2.35. The van der Waals surface area contributed by atoms with Crippen molar-refractivity contribution >= 4 is 0 Å². The molecule has 0 aromatic rings. The average molecular weight is 201 g/mol. The van der Waals surface area contributed by atoms with Crippen LogP contribution >= 0.6 is 0 Å². The van der Waals surface area contributed by atoms with Crippen molar-refractivity contribution in [1.82, 2.24) is 0 Å². The van der Waals surface area contributed by atoms with Crippen molar-refractivity contribution in [3.8, 4) is 0 Å². The van der Waals surface area contributed by atoms with E-state index >= 15 is 0 Å². The molecule has 0 amide bonds. The second kappa shape index (κ2) is 4.59. The molecule has 2 saturated carbocycles. The Morgan fingerprint density at radius 3 is 2.21 bits per heavy atom. The van der Waals surface area contributed by atoms with E-state index in [1.807, 2.05) is 0 Å². The van der Waals surface area contributed by atoms with Crippen LogP contribution in [0.1, 0.15) is 51.4 Å². The van der Waals surface area contributed by atoms with Gasteiger partial charge in [-0.05, 0) is 43.9 Å². The van der Waals surface area contributed by atoms with E-state index in [9.17, 15) is 8.78 Å². The molecule has 0 bridgehead atoms. The van der Waals surface area contributed by atoms with Gasteiger partial charge in [0.05, 0.1) is 0 Å². The summed E-state index contributed by atoms with van der Waals surface area (Å²) < 4.78 is 26.1. The van der Waals surface area contributed by atoms with Crippen molar-refractivity contribution in [3.63, 3.8) is 0 Å². The topological polar surface area (TPSA) is 0 Å². The van der Waals surface area contributed by atoms with Gasteiger partial charge in [-0.25, -0.2) is 8.78 Å². The van der Waals surface area contributed by atoms with Crippen LogP contribution in [-0.2, 0) is 0 Å². The van der Waals surface area contributed by atoms with E-state index in [4.69, 9.17) is 0 Å². The summed E-state index contributed by atoms with van der Waals surface area (Å²) in [5, 5.41) is 0. The fraction of sp³-hybridized carbons (Fsp3) is 0.917. The predicted octanol–water partition coefficient (Wildman–Crippen LogP) is 4.00. The maximum atomic E-state index is 13.2. The van der Waals surface area contributed by atoms with E-state index in [2.05, 4.69) is 0 Å². The Balaban J connectivity index is 1.85. The summed E-state index contributed by atoms with van der Waals surface area (Å²) in [5.41, 5.74) is 0. The highest BCUT2D eigenvalue weighted by Gasteiger charge is 2.34. The second-order valence-corrected chi connectivity index (χ2v) is 4.76. The van der Waals surface area contributed by atoms with Crippen molar-refractivity contribution in [2.45, 2.75) is 63.7 Å². The fourth-order valence-electron chi connectivity index (χ4n) is 2.86. The molecule has 81 valence electrons. The van der Waals surface area contributed by atoms with Gasteiger partial charge in [0, 0.05) is 0 Å². The number of hydrogen-bond donors (Lipinski definition) is 0. The summed E-state index contributed by atoms with van der Waals surface area (Å²) >= 11 is 0. The molecule has 0 heterocycles. The first-order valence-electron chi connectivity index (χ1n) is 5.90. The fourth-order valence-corrected chi connectivity index (χ4v) is 2.86. The minimum atomic E-state index is -1.19. The normalized spacial score (nSPS) is 41.1. The molecule has 0 spiro atoms. The van der Waals surface area contributed by atoms with Crippen LogP contribution in [0.25, 0.3) is 0 Å². The van der Waals surface area contributed by atoms with Crippen molar-refractivity contribution in [3.05, 3.63) is 5.92 Å². The molecule has 0 N–H and O–H groups in total. The number of hydrogen-bond acceptors (Lipinski definition) is 0. The molecule has 0 saturated heterocycles. The third-order valence-corrected chi connectivity index (χ3v) is 3.77. The summed E-state index contributed by atoms with van der Waals surface area (Å²) in [7, 11) is 0. The van der Waals surface area contributed by atoms with E-state index in [1.54, 1.807) is 0 Å². The van der Waals surface area contributed by atoms with Crippen LogP contribution in [0.4, 0.5) is 8.78 Å². The zero-order valence-electron chi connectivity index (χ0n) is 8.64. The van der Waals surface area contributed by atoms with Gasteiger partial charge in [0.15, 0.2) is 0 Å². The van der Waals surface area contributed by atoms with Gasteiger partial charge >= 0.3 is 0 Å². The lowest BCUT2D eigenvalue weighted by Crippen LogP contribution is -2.31. The average Bonchev–Trinajstić information content (AvgIpc) is 2.23. The first-order valence-corrected chi connectivity index (χ1v) is 5.90. The first-order chi connectivity index (χ1) is 6.77. The van der Waals surface area contributed by atoms with Gasteiger partial charge < -0.3 is 0 Å². The summed E-state index contributed by atoms with van der Waals surface area (Å²) in [4.78, 5) is 0. The standard InChI is InChI=1S/C12H19F2/c13-11-7-6-10(8-12(11)14)9-4-2-1-3-5-9/h10-12H,1-8H2. The van der Waals surface area contributed by atoms with Gasteiger partial charge in [0.2, 0.25) is 0 Å². The molecular formula is C12H19F2. The lowest BCUT2D eigenvalue weighted by atomic mass is 9.72. The van der Waals surface area contributed by atoms with Crippen molar-refractivity contribution in [2.24, 2.45) is 5.92 Å². The van der Waals surface area contributed by atoms with Crippen LogP contribution < -0.4 is 0 Å². The van der Waals surface area contributed by atoms with Crippen LogP contribution in [0.15, 0.2) is 0 Å². The summed E-state index contributed by atoms with van der Waals surface area (Å²) in [6.45, 7) is 0. The smallest absolute Gasteiger partial charge is 0.131 e. The maximum Gasteiger partial charge on any atom is 0.131 e.